The van der Waals surface area contributed by atoms with Crippen molar-refractivity contribution in [2.75, 3.05) is 5.75 Å². The fourth-order valence-electron chi connectivity index (χ4n) is 0.461. The van der Waals surface area contributed by atoms with Gasteiger partial charge in [-0.2, -0.15) is 0 Å². The van der Waals surface area contributed by atoms with Crippen LogP contribution in [-0.4, -0.2) is 21.2 Å². The molecule has 0 heterocycles. The third-order valence-corrected chi connectivity index (χ3v) is 2.06. The molecule has 0 aromatic rings. The Morgan fingerprint density at radius 1 is 1.78 bits per heavy atom. The first-order valence-electron chi connectivity index (χ1n) is 3.00. The zero-order valence-corrected chi connectivity index (χ0v) is 7.39. The van der Waals surface area contributed by atoms with Gasteiger partial charge >= 0.3 is 0 Å². The first kappa shape index (κ1) is 9.40. The fraction of sp³-hybridized carbons (Fsp3) is 0.833. The number of thioether (sulfide) groups is 1. The van der Waals surface area contributed by atoms with E-state index in [0.29, 0.717) is 6.42 Å². The van der Waals surface area contributed by atoms with Crippen molar-refractivity contribution < 1.29 is 5.11 Å². The van der Waals surface area contributed by atoms with Crippen LogP contribution < -0.4 is 0 Å². The lowest BCUT2D eigenvalue weighted by Gasteiger charge is -2.02. The van der Waals surface area contributed by atoms with Gasteiger partial charge in [0.15, 0.2) is 0 Å². The maximum atomic E-state index is 8.85. The molecule has 9 heavy (non-hydrogen) atoms. The van der Waals surface area contributed by atoms with Gasteiger partial charge in [-0.3, -0.25) is 0 Å². The maximum absolute atomic E-state index is 8.85. The molecule has 0 aliphatic carbocycles. The standard InChI is InChI=1S/C6H12OS2/c1-3-9-6(8)4-5(2)7/h5,7H,3-4H2,1-2H3. The second-order valence-corrected chi connectivity index (χ2v) is 3.97. The minimum atomic E-state index is -0.281. The van der Waals surface area contributed by atoms with Crippen LogP contribution in [0.5, 0.6) is 0 Å². The van der Waals surface area contributed by atoms with E-state index >= 15 is 0 Å². The molecule has 0 amide bonds. The van der Waals surface area contributed by atoms with Crippen LogP contribution in [0.3, 0.4) is 0 Å². The zero-order valence-electron chi connectivity index (χ0n) is 5.76. The van der Waals surface area contributed by atoms with E-state index in [-0.39, 0.29) is 6.10 Å². The van der Waals surface area contributed by atoms with Crippen LogP contribution in [0.4, 0.5) is 0 Å². The minimum Gasteiger partial charge on any atom is -0.393 e. The Bertz CT molecular complexity index is 91.1. The lowest BCUT2D eigenvalue weighted by Crippen LogP contribution is -2.04. The number of aliphatic hydroxyl groups excluding tert-OH is 1. The average molecular weight is 164 g/mol. The SMILES string of the molecule is CCSC(=S)CC(C)O. The number of rotatable bonds is 3. The number of hydrogen-bond donors (Lipinski definition) is 1. The summed E-state index contributed by atoms with van der Waals surface area (Å²) in [5, 5.41) is 8.85. The highest BCUT2D eigenvalue weighted by molar-refractivity contribution is 8.23. The van der Waals surface area contributed by atoms with E-state index < -0.39 is 0 Å². The van der Waals surface area contributed by atoms with Gasteiger partial charge in [-0.05, 0) is 12.7 Å². The van der Waals surface area contributed by atoms with Gasteiger partial charge in [0.2, 0.25) is 0 Å². The summed E-state index contributed by atoms with van der Waals surface area (Å²) in [6.45, 7) is 3.81. The summed E-state index contributed by atoms with van der Waals surface area (Å²) in [6.07, 6.45) is 0.366. The molecule has 0 bridgehead atoms. The molecular formula is C6H12OS2. The van der Waals surface area contributed by atoms with Crippen molar-refractivity contribution in [1.82, 2.24) is 0 Å². The number of thiocarbonyl (C=S) groups is 1. The van der Waals surface area contributed by atoms with E-state index in [4.69, 9.17) is 17.3 Å². The first-order valence-corrected chi connectivity index (χ1v) is 4.40. The Hall–Kier alpha value is 0.400. The third-order valence-electron chi connectivity index (χ3n) is 0.767. The molecule has 0 aromatic heterocycles. The normalized spacial score (nSPS) is 13.2. The molecule has 0 aromatic carbocycles. The smallest absolute Gasteiger partial charge is 0.0565 e. The van der Waals surface area contributed by atoms with Gasteiger partial charge in [0.05, 0.1) is 10.3 Å². The Kier molecular flexibility index (Phi) is 5.44. The van der Waals surface area contributed by atoms with Crippen LogP contribution in [0.15, 0.2) is 0 Å². The quantitative estimate of drug-likeness (QED) is 0.643. The molecule has 0 spiro atoms. The molecule has 1 nitrogen and oxygen atoms in total. The van der Waals surface area contributed by atoms with Crippen LogP contribution in [0, 0.1) is 0 Å². The van der Waals surface area contributed by atoms with Gasteiger partial charge in [0.1, 0.15) is 0 Å². The minimum absolute atomic E-state index is 0.281. The van der Waals surface area contributed by atoms with Gasteiger partial charge in [-0.25, -0.2) is 0 Å². The van der Waals surface area contributed by atoms with Crippen LogP contribution in [0.25, 0.3) is 0 Å². The highest BCUT2D eigenvalue weighted by Crippen LogP contribution is 2.08. The molecule has 1 unspecified atom stereocenters. The Morgan fingerprint density at radius 2 is 2.33 bits per heavy atom. The molecule has 0 saturated carbocycles. The first-order chi connectivity index (χ1) is 4.16. The van der Waals surface area contributed by atoms with Crippen molar-refractivity contribution in [2.45, 2.75) is 26.4 Å². The molecule has 1 N–H and O–H groups in total. The summed E-state index contributed by atoms with van der Waals surface area (Å²) in [5.74, 6) is 1.01. The van der Waals surface area contributed by atoms with Crippen molar-refractivity contribution in [3.8, 4) is 0 Å². The van der Waals surface area contributed by atoms with Crippen LogP contribution in [-0.2, 0) is 0 Å². The second-order valence-electron chi connectivity index (χ2n) is 1.86. The highest BCUT2D eigenvalue weighted by Gasteiger charge is 1.99. The average Bonchev–Trinajstić information content (AvgIpc) is 1.63. The van der Waals surface area contributed by atoms with E-state index in [1.54, 1.807) is 18.7 Å². The summed E-state index contributed by atoms with van der Waals surface area (Å²) < 4.78 is 0.910. The summed E-state index contributed by atoms with van der Waals surface area (Å²) in [4.78, 5) is 0. The lowest BCUT2D eigenvalue weighted by molar-refractivity contribution is 0.204. The van der Waals surface area contributed by atoms with E-state index in [9.17, 15) is 0 Å². The number of hydrogen-bond acceptors (Lipinski definition) is 3. The molecule has 0 aliphatic heterocycles. The predicted molar refractivity (Wildman–Crippen MR) is 47.0 cm³/mol. The Balaban J connectivity index is 3.27. The van der Waals surface area contributed by atoms with Crippen molar-refractivity contribution in [1.29, 1.82) is 0 Å². The molecule has 0 radical (unpaired) electrons. The van der Waals surface area contributed by atoms with E-state index in [1.807, 2.05) is 0 Å². The molecule has 1 atom stereocenters. The molecule has 0 saturated heterocycles. The lowest BCUT2D eigenvalue weighted by atomic mass is 10.3. The van der Waals surface area contributed by atoms with E-state index in [0.717, 1.165) is 9.95 Å². The van der Waals surface area contributed by atoms with Gasteiger partial charge in [0, 0.05) is 6.42 Å². The topological polar surface area (TPSA) is 20.2 Å². The molecule has 54 valence electrons. The monoisotopic (exact) mass is 164 g/mol. The fourth-order valence-corrected chi connectivity index (χ4v) is 1.74. The molecule has 0 rings (SSSR count). The predicted octanol–water partition coefficient (Wildman–Crippen LogP) is 1.84. The van der Waals surface area contributed by atoms with Gasteiger partial charge < -0.3 is 5.11 Å². The highest BCUT2D eigenvalue weighted by atomic mass is 32.2. The Labute approximate surface area is 65.8 Å². The zero-order chi connectivity index (χ0) is 7.28. The molecule has 3 heteroatoms. The van der Waals surface area contributed by atoms with Gasteiger partial charge in [-0.15, -0.1) is 11.8 Å². The number of aliphatic hydroxyl groups is 1. The molecular weight excluding hydrogens is 152 g/mol. The Morgan fingerprint density at radius 3 is 2.67 bits per heavy atom. The summed E-state index contributed by atoms with van der Waals surface area (Å²) in [7, 11) is 0. The summed E-state index contributed by atoms with van der Waals surface area (Å²) in [6, 6.07) is 0. The van der Waals surface area contributed by atoms with Crippen molar-refractivity contribution in [3.05, 3.63) is 0 Å². The van der Waals surface area contributed by atoms with E-state index in [2.05, 4.69) is 6.92 Å². The van der Waals surface area contributed by atoms with Crippen molar-refractivity contribution in [2.24, 2.45) is 0 Å². The van der Waals surface area contributed by atoms with Crippen molar-refractivity contribution in [3.63, 3.8) is 0 Å². The third kappa shape index (κ3) is 6.28. The molecule has 0 fully saturated rings. The summed E-state index contributed by atoms with van der Waals surface area (Å²) in [5.41, 5.74) is 0. The maximum Gasteiger partial charge on any atom is 0.0565 e. The van der Waals surface area contributed by atoms with E-state index in [1.165, 1.54) is 0 Å². The largest absolute Gasteiger partial charge is 0.393 e. The van der Waals surface area contributed by atoms with Crippen LogP contribution in [0.1, 0.15) is 20.3 Å². The molecule has 0 aliphatic rings. The van der Waals surface area contributed by atoms with Crippen molar-refractivity contribution >= 4 is 28.2 Å². The van der Waals surface area contributed by atoms with Crippen LogP contribution in [0.2, 0.25) is 0 Å². The second kappa shape index (κ2) is 5.21. The van der Waals surface area contributed by atoms with Crippen LogP contribution >= 0.6 is 24.0 Å². The van der Waals surface area contributed by atoms with Gasteiger partial charge in [-0.1, -0.05) is 19.1 Å². The summed E-state index contributed by atoms with van der Waals surface area (Å²) >= 11 is 6.56. The van der Waals surface area contributed by atoms with Gasteiger partial charge in [0.25, 0.3) is 0 Å².